The number of hydrogen-bond acceptors (Lipinski definition) is 4. The molecule has 0 spiro atoms. The fourth-order valence-corrected chi connectivity index (χ4v) is 4.45. The van der Waals surface area contributed by atoms with Gasteiger partial charge in [0.05, 0.1) is 11.8 Å². The third-order valence-corrected chi connectivity index (χ3v) is 6.00. The molecule has 1 aliphatic heterocycles. The van der Waals surface area contributed by atoms with Crippen molar-refractivity contribution in [1.29, 1.82) is 0 Å². The maximum absolute atomic E-state index is 12.4. The Labute approximate surface area is 176 Å². The van der Waals surface area contributed by atoms with E-state index in [9.17, 15) is 15.0 Å². The number of aliphatic hydroxyl groups is 1. The normalized spacial score (nSPS) is 22.1. The highest BCUT2D eigenvalue weighted by Gasteiger charge is 2.49. The Kier molecular flexibility index (Phi) is 5.70. The van der Waals surface area contributed by atoms with Gasteiger partial charge in [-0.3, -0.25) is 14.4 Å². The molecule has 30 heavy (non-hydrogen) atoms. The molecule has 3 aromatic rings. The molecule has 2 heterocycles. The van der Waals surface area contributed by atoms with E-state index in [-0.39, 0.29) is 0 Å². The van der Waals surface area contributed by atoms with Gasteiger partial charge in [0.25, 0.3) is 0 Å². The molecule has 6 nitrogen and oxygen atoms in total. The van der Waals surface area contributed by atoms with E-state index < -0.39 is 17.5 Å². The zero-order valence-corrected chi connectivity index (χ0v) is 17.1. The van der Waals surface area contributed by atoms with Gasteiger partial charge >= 0.3 is 5.97 Å². The lowest BCUT2D eigenvalue weighted by atomic mass is 9.72. The summed E-state index contributed by atoms with van der Waals surface area (Å²) in [5.74, 6) is -0.946. The van der Waals surface area contributed by atoms with E-state index in [2.05, 4.69) is 10.00 Å². The van der Waals surface area contributed by atoms with Crippen molar-refractivity contribution in [3.63, 3.8) is 0 Å². The molecule has 0 aliphatic carbocycles. The van der Waals surface area contributed by atoms with Gasteiger partial charge in [0.2, 0.25) is 0 Å². The van der Waals surface area contributed by atoms with Crippen LogP contribution in [0.15, 0.2) is 66.9 Å². The Morgan fingerprint density at radius 1 is 1.13 bits per heavy atom. The van der Waals surface area contributed by atoms with Crippen molar-refractivity contribution < 1.29 is 15.0 Å². The van der Waals surface area contributed by atoms with Crippen LogP contribution in [0.2, 0.25) is 0 Å². The standard InChI is InChI=1S/C24H27N3O3/c1-26-15-20(22(25-26)19-10-6-3-7-11-19)16-27-13-12-21(28)24(17-27,23(29)30)14-18-8-4-2-5-9-18/h2-11,15,21,28H,12-14,16-17H2,1H3,(H,29,30)/t21-,24+/m0/s1. The number of nitrogens with zero attached hydrogens (tertiary/aromatic N) is 3. The minimum absolute atomic E-state index is 0.293. The molecular weight excluding hydrogens is 378 g/mol. The van der Waals surface area contributed by atoms with Crippen molar-refractivity contribution in [3.05, 3.63) is 78.0 Å². The van der Waals surface area contributed by atoms with Gasteiger partial charge in [0.15, 0.2) is 0 Å². The van der Waals surface area contributed by atoms with Crippen LogP contribution in [0, 0.1) is 5.41 Å². The Bertz CT molecular complexity index is 1000. The SMILES string of the molecule is Cn1cc(CN2CC[C@H](O)[C@](Cc3ccccc3)(C(=O)O)C2)c(-c2ccccc2)n1. The molecule has 2 atom stereocenters. The molecule has 0 radical (unpaired) electrons. The first-order chi connectivity index (χ1) is 14.5. The van der Waals surface area contributed by atoms with Crippen LogP contribution in [0.5, 0.6) is 0 Å². The highest BCUT2D eigenvalue weighted by molar-refractivity contribution is 5.76. The highest BCUT2D eigenvalue weighted by Crippen LogP contribution is 2.36. The predicted molar refractivity (Wildman–Crippen MR) is 115 cm³/mol. The van der Waals surface area contributed by atoms with E-state index in [1.807, 2.05) is 73.9 Å². The fraction of sp³-hybridized carbons (Fsp3) is 0.333. The van der Waals surface area contributed by atoms with Crippen molar-refractivity contribution in [2.75, 3.05) is 13.1 Å². The average Bonchev–Trinajstić information content (AvgIpc) is 3.11. The van der Waals surface area contributed by atoms with Crippen LogP contribution in [0.4, 0.5) is 0 Å². The van der Waals surface area contributed by atoms with Gasteiger partial charge in [-0.05, 0) is 18.4 Å². The van der Waals surface area contributed by atoms with Crippen LogP contribution in [-0.2, 0) is 24.8 Å². The summed E-state index contributed by atoms with van der Waals surface area (Å²) in [7, 11) is 1.90. The van der Waals surface area contributed by atoms with E-state index >= 15 is 0 Å². The number of aliphatic hydroxyl groups excluding tert-OH is 1. The van der Waals surface area contributed by atoms with Gasteiger partial charge < -0.3 is 10.2 Å². The first-order valence-corrected chi connectivity index (χ1v) is 10.2. The van der Waals surface area contributed by atoms with Gasteiger partial charge in [-0.1, -0.05) is 60.7 Å². The molecule has 2 aromatic carbocycles. The van der Waals surface area contributed by atoms with Crippen LogP contribution in [0.1, 0.15) is 17.5 Å². The summed E-state index contributed by atoms with van der Waals surface area (Å²) in [5, 5.41) is 25.5. The smallest absolute Gasteiger partial charge is 0.313 e. The zero-order chi connectivity index (χ0) is 21.1. The monoisotopic (exact) mass is 405 g/mol. The number of piperidine rings is 1. The number of aromatic nitrogens is 2. The van der Waals surface area contributed by atoms with Gasteiger partial charge in [-0.25, -0.2) is 0 Å². The lowest BCUT2D eigenvalue weighted by molar-refractivity contribution is -0.163. The first kappa shape index (κ1) is 20.3. The average molecular weight is 405 g/mol. The lowest BCUT2D eigenvalue weighted by Crippen LogP contribution is -2.56. The van der Waals surface area contributed by atoms with Crippen LogP contribution in [0.3, 0.4) is 0 Å². The Balaban J connectivity index is 1.60. The number of rotatable bonds is 6. The molecule has 4 rings (SSSR count). The van der Waals surface area contributed by atoms with E-state index in [4.69, 9.17) is 0 Å². The van der Waals surface area contributed by atoms with Gasteiger partial charge in [0, 0.05) is 44.0 Å². The van der Waals surface area contributed by atoms with E-state index in [0.717, 1.165) is 22.4 Å². The zero-order valence-electron chi connectivity index (χ0n) is 17.1. The topological polar surface area (TPSA) is 78.6 Å². The van der Waals surface area contributed by atoms with E-state index in [1.54, 1.807) is 4.68 Å². The molecule has 156 valence electrons. The van der Waals surface area contributed by atoms with Crippen molar-refractivity contribution in [3.8, 4) is 11.3 Å². The molecule has 1 fully saturated rings. The number of carbonyl (C=O) groups is 1. The molecule has 0 amide bonds. The number of likely N-dealkylation sites (tertiary alicyclic amines) is 1. The van der Waals surface area contributed by atoms with Crippen LogP contribution in [-0.4, -0.2) is 50.1 Å². The lowest BCUT2D eigenvalue weighted by Gasteiger charge is -2.43. The number of aryl methyl sites for hydroxylation is 1. The highest BCUT2D eigenvalue weighted by atomic mass is 16.4. The summed E-state index contributed by atoms with van der Waals surface area (Å²) in [6.45, 7) is 1.53. The van der Waals surface area contributed by atoms with Crippen molar-refractivity contribution in [2.45, 2.75) is 25.5 Å². The number of carboxylic acid groups (broad SMARTS) is 1. The number of hydrogen-bond donors (Lipinski definition) is 2. The molecule has 1 saturated heterocycles. The van der Waals surface area contributed by atoms with Crippen molar-refractivity contribution in [2.24, 2.45) is 12.5 Å². The molecule has 6 heteroatoms. The minimum Gasteiger partial charge on any atom is -0.481 e. The maximum Gasteiger partial charge on any atom is 0.313 e. The van der Waals surface area contributed by atoms with E-state index in [0.29, 0.717) is 32.5 Å². The summed E-state index contributed by atoms with van der Waals surface area (Å²) >= 11 is 0. The molecular formula is C24H27N3O3. The quantitative estimate of drug-likeness (QED) is 0.659. The molecule has 2 N–H and O–H groups in total. The summed E-state index contributed by atoms with van der Waals surface area (Å²) in [6.07, 6.45) is 1.85. The van der Waals surface area contributed by atoms with E-state index in [1.165, 1.54) is 0 Å². The van der Waals surface area contributed by atoms with Crippen LogP contribution >= 0.6 is 0 Å². The van der Waals surface area contributed by atoms with Gasteiger partial charge in [-0.15, -0.1) is 0 Å². The summed E-state index contributed by atoms with van der Waals surface area (Å²) < 4.78 is 1.80. The number of aliphatic carboxylic acids is 1. The largest absolute Gasteiger partial charge is 0.481 e. The second kappa shape index (κ2) is 8.42. The van der Waals surface area contributed by atoms with Gasteiger partial charge in [-0.2, -0.15) is 5.10 Å². The molecule has 0 unspecified atom stereocenters. The molecule has 0 bridgehead atoms. The van der Waals surface area contributed by atoms with Crippen molar-refractivity contribution in [1.82, 2.24) is 14.7 Å². The summed E-state index contributed by atoms with van der Waals surface area (Å²) in [6, 6.07) is 19.6. The molecule has 1 aliphatic rings. The Hall–Kier alpha value is -2.96. The van der Waals surface area contributed by atoms with Crippen LogP contribution < -0.4 is 0 Å². The van der Waals surface area contributed by atoms with Crippen molar-refractivity contribution >= 4 is 5.97 Å². The predicted octanol–water partition coefficient (Wildman–Crippen LogP) is 2.97. The first-order valence-electron chi connectivity index (χ1n) is 10.2. The molecule has 0 saturated carbocycles. The Morgan fingerprint density at radius 2 is 1.80 bits per heavy atom. The number of carboxylic acids is 1. The summed E-state index contributed by atoms with van der Waals surface area (Å²) in [5.41, 5.74) is 2.70. The third kappa shape index (κ3) is 4.01. The number of benzene rings is 2. The van der Waals surface area contributed by atoms with Crippen LogP contribution in [0.25, 0.3) is 11.3 Å². The Morgan fingerprint density at radius 3 is 2.47 bits per heavy atom. The molecule has 1 aromatic heterocycles. The van der Waals surface area contributed by atoms with Gasteiger partial charge in [0.1, 0.15) is 5.41 Å². The third-order valence-electron chi connectivity index (χ3n) is 6.00. The minimum atomic E-state index is -1.23. The summed E-state index contributed by atoms with van der Waals surface area (Å²) in [4.78, 5) is 14.5. The maximum atomic E-state index is 12.4. The fourth-order valence-electron chi connectivity index (χ4n) is 4.45. The second-order valence-corrected chi connectivity index (χ2v) is 8.18. The second-order valence-electron chi connectivity index (χ2n) is 8.18.